The Morgan fingerprint density at radius 1 is 1.22 bits per heavy atom. The second-order valence-electron chi connectivity index (χ2n) is 3.74. The molecule has 0 unspecified atom stereocenters. The van der Waals surface area contributed by atoms with E-state index in [2.05, 4.69) is 34.2 Å². The van der Waals surface area contributed by atoms with Crippen LogP contribution < -0.4 is 14.0 Å². The van der Waals surface area contributed by atoms with E-state index in [-0.39, 0.29) is 0 Å². The Bertz CT molecular complexity index is 568. The average Bonchev–Trinajstić information content (AvgIpc) is 2.65. The summed E-state index contributed by atoms with van der Waals surface area (Å²) in [6, 6.07) is 8.43. The zero-order chi connectivity index (χ0) is 13.2. The molecule has 0 bridgehead atoms. The van der Waals surface area contributed by atoms with Gasteiger partial charge in [-0.15, -0.1) is 0 Å². The zero-order valence-electron chi connectivity index (χ0n) is 9.30. The van der Waals surface area contributed by atoms with Crippen molar-refractivity contribution in [2.75, 3.05) is 6.54 Å². The number of hydrogen-bond donors (Lipinski definition) is 2. The van der Waals surface area contributed by atoms with Gasteiger partial charge in [-0.2, -0.15) is 14.0 Å². The van der Waals surface area contributed by atoms with Gasteiger partial charge in [0.2, 0.25) is 0 Å². The maximum Gasteiger partial charge on any atom is 0.0777 e. The SMILES string of the molecule is C1=NCCc2c1[nH]c1ccccc21.[O-][Cl+3]([O-])([O-])O. The first kappa shape index (κ1) is 13.0. The minimum Gasteiger partial charge on any atom is -0.354 e. The first-order chi connectivity index (χ1) is 8.45. The van der Waals surface area contributed by atoms with Crippen LogP contribution in [0.4, 0.5) is 0 Å². The highest BCUT2D eigenvalue weighted by molar-refractivity contribution is 5.94. The summed E-state index contributed by atoms with van der Waals surface area (Å²) >= 11 is 0. The van der Waals surface area contributed by atoms with Gasteiger partial charge in [-0.3, -0.25) is 4.99 Å². The van der Waals surface area contributed by atoms with E-state index < -0.39 is 10.2 Å². The number of nitrogens with one attached hydrogen (secondary N) is 1. The second kappa shape index (κ2) is 5.05. The van der Waals surface area contributed by atoms with Gasteiger partial charge in [0.05, 0.1) is 20.6 Å². The lowest BCUT2D eigenvalue weighted by Gasteiger charge is -2.03. The van der Waals surface area contributed by atoms with Crippen molar-refractivity contribution in [3.8, 4) is 0 Å². The molecule has 1 aromatic carbocycles. The topological polar surface area (TPSA) is 118 Å². The highest BCUT2D eigenvalue weighted by Crippen LogP contribution is 2.23. The number of fused-ring (bicyclic) bond motifs is 3. The molecule has 7 heteroatoms. The molecular weight excluding hydrogens is 260 g/mol. The van der Waals surface area contributed by atoms with Crippen LogP contribution >= 0.6 is 0 Å². The van der Waals surface area contributed by atoms with E-state index in [1.54, 1.807) is 0 Å². The first-order valence-corrected chi connectivity index (χ1v) is 6.44. The van der Waals surface area contributed by atoms with E-state index in [0.717, 1.165) is 13.0 Å². The molecule has 0 radical (unpaired) electrons. The third kappa shape index (κ3) is 3.28. The fourth-order valence-corrected chi connectivity index (χ4v) is 1.93. The summed E-state index contributed by atoms with van der Waals surface area (Å²) in [5.74, 6) is 0. The van der Waals surface area contributed by atoms with E-state index in [1.165, 1.54) is 22.2 Å². The Kier molecular flexibility index (Phi) is 3.65. The number of nitrogens with zero attached hydrogens (tertiary/aromatic N) is 1. The van der Waals surface area contributed by atoms with Crippen LogP contribution in [0.15, 0.2) is 29.3 Å². The van der Waals surface area contributed by atoms with Crippen LogP contribution in [0.1, 0.15) is 11.3 Å². The molecule has 2 N–H and O–H groups in total. The summed E-state index contributed by atoms with van der Waals surface area (Å²) in [6.07, 6.45) is 3.01. The second-order valence-corrected chi connectivity index (χ2v) is 4.54. The Labute approximate surface area is 105 Å². The number of aromatic nitrogens is 1. The largest absolute Gasteiger partial charge is 0.354 e. The fraction of sp³-hybridized carbons (Fsp3) is 0.182. The molecule has 2 aromatic rings. The predicted molar refractivity (Wildman–Crippen MR) is 56.7 cm³/mol. The normalized spacial score (nSPS) is 14.0. The van der Waals surface area contributed by atoms with Crippen molar-refractivity contribution in [3.63, 3.8) is 0 Å². The zero-order valence-corrected chi connectivity index (χ0v) is 10.1. The Morgan fingerprint density at radius 3 is 2.61 bits per heavy atom. The van der Waals surface area contributed by atoms with Gasteiger partial charge in [0.15, 0.2) is 0 Å². The molecule has 0 atom stereocenters. The average molecular weight is 271 g/mol. The Balaban J connectivity index is 0.000000209. The van der Waals surface area contributed by atoms with E-state index in [1.807, 2.05) is 6.21 Å². The van der Waals surface area contributed by atoms with Crippen LogP contribution in [0, 0.1) is 10.2 Å². The highest BCUT2D eigenvalue weighted by Gasteiger charge is 2.11. The third-order valence-electron chi connectivity index (χ3n) is 2.56. The van der Waals surface area contributed by atoms with Crippen molar-refractivity contribution in [2.45, 2.75) is 6.42 Å². The minimum absolute atomic E-state index is 0.925. The standard InChI is InChI=1S/C11H10N2.ClHO4/c1-2-4-10-8(3-1)9-5-6-12-7-11(9)13-10;2-1(3,4)5/h1-4,7,13H,5-6H2;(H,2,3,4,5). The molecule has 0 saturated carbocycles. The molecule has 6 nitrogen and oxygen atoms in total. The summed E-state index contributed by atoms with van der Waals surface area (Å²) < 4.78 is 32.7. The van der Waals surface area contributed by atoms with Gasteiger partial charge in [0, 0.05) is 23.7 Å². The van der Waals surface area contributed by atoms with Gasteiger partial charge in [0.25, 0.3) is 0 Å². The maximum absolute atomic E-state index is 8.60. The van der Waals surface area contributed by atoms with Crippen molar-refractivity contribution in [1.82, 2.24) is 4.98 Å². The van der Waals surface area contributed by atoms with Crippen molar-refractivity contribution in [1.29, 1.82) is 0 Å². The molecule has 0 aliphatic carbocycles. The van der Waals surface area contributed by atoms with Crippen LogP contribution in [0.5, 0.6) is 0 Å². The van der Waals surface area contributed by atoms with Crippen molar-refractivity contribution < 1.29 is 28.9 Å². The van der Waals surface area contributed by atoms with Crippen molar-refractivity contribution in [3.05, 3.63) is 35.5 Å². The third-order valence-corrected chi connectivity index (χ3v) is 2.56. The van der Waals surface area contributed by atoms with Crippen LogP contribution in [0.3, 0.4) is 0 Å². The quantitative estimate of drug-likeness (QED) is 0.577. The van der Waals surface area contributed by atoms with Gasteiger partial charge in [-0.05, 0) is 18.1 Å². The van der Waals surface area contributed by atoms with E-state index >= 15 is 0 Å². The summed E-state index contributed by atoms with van der Waals surface area (Å²) in [5, 5.41) is 1.35. The summed E-state index contributed by atoms with van der Waals surface area (Å²) in [6.45, 7) is 0.925. The van der Waals surface area contributed by atoms with E-state index in [9.17, 15) is 0 Å². The molecule has 0 fully saturated rings. The molecule has 1 aliphatic rings. The number of aromatic amines is 1. The van der Waals surface area contributed by atoms with Crippen LogP contribution in [-0.4, -0.2) is 22.4 Å². The Morgan fingerprint density at radius 2 is 1.89 bits per heavy atom. The molecule has 1 aliphatic heterocycles. The number of halogens is 1. The van der Waals surface area contributed by atoms with Gasteiger partial charge >= 0.3 is 0 Å². The minimum atomic E-state index is -4.69. The lowest BCUT2D eigenvalue weighted by Crippen LogP contribution is -2.58. The number of H-pyrrole nitrogens is 1. The van der Waals surface area contributed by atoms with Crippen LogP contribution in [0.2, 0.25) is 0 Å². The maximum atomic E-state index is 8.60. The predicted octanol–water partition coefficient (Wildman–Crippen LogP) is -1.98. The van der Waals surface area contributed by atoms with Crippen LogP contribution in [-0.2, 0) is 6.42 Å². The lowest BCUT2D eigenvalue weighted by atomic mass is 10.1. The molecule has 0 saturated heterocycles. The number of benzene rings is 1. The van der Waals surface area contributed by atoms with Gasteiger partial charge in [-0.25, -0.2) is 0 Å². The summed E-state index contributed by atoms with van der Waals surface area (Å²) in [5.41, 5.74) is 3.83. The molecule has 1 aromatic heterocycles. The molecular formula is C11H11ClN2O4. The summed E-state index contributed by atoms with van der Waals surface area (Å²) in [4.78, 5) is 7.62. The van der Waals surface area contributed by atoms with E-state index in [4.69, 9.17) is 18.6 Å². The number of aliphatic imine (C=N–C) groups is 1. The number of rotatable bonds is 0. The van der Waals surface area contributed by atoms with Gasteiger partial charge in [0.1, 0.15) is 0 Å². The number of hydrogen-bond acceptors (Lipinski definition) is 5. The van der Waals surface area contributed by atoms with Gasteiger partial charge < -0.3 is 4.98 Å². The molecule has 3 rings (SSSR count). The monoisotopic (exact) mass is 270 g/mol. The molecule has 18 heavy (non-hydrogen) atoms. The Hall–Kier alpha value is -1.44. The molecule has 2 heterocycles. The smallest absolute Gasteiger partial charge is 0.0777 e. The molecule has 96 valence electrons. The summed E-state index contributed by atoms with van der Waals surface area (Å²) in [7, 11) is -4.69. The lowest BCUT2D eigenvalue weighted by molar-refractivity contribution is -1.92. The first-order valence-electron chi connectivity index (χ1n) is 5.18. The highest BCUT2D eigenvalue weighted by atomic mass is 35.7. The fourth-order valence-electron chi connectivity index (χ4n) is 1.93. The van der Waals surface area contributed by atoms with E-state index in [0.29, 0.717) is 0 Å². The molecule has 0 amide bonds. The van der Waals surface area contributed by atoms with Crippen molar-refractivity contribution in [2.24, 2.45) is 4.99 Å². The van der Waals surface area contributed by atoms with Crippen LogP contribution in [0.25, 0.3) is 10.9 Å². The van der Waals surface area contributed by atoms with Gasteiger partial charge in [-0.1, -0.05) is 18.2 Å². The number of para-hydroxylation sites is 1. The molecule has 0 spiro atoms. The van der Waals surface area contributed by atoms with Crippen molar-refractivity contribution >= 4 is 17.1 Å².